The molecule has 0 fully saturated rings. The second kappa shape index (κ2) is 4.84. The van der Waals surface area contributed by atoms with Crippen LogP contribution in [0.3, 0.4) is 0 Å². The molecule has 96 valence electrons. The lowest BCUT2D eigenvalue weighted by Crippen LogP contribution is -2.43. The average Bonchev–Trinajstić information content (AvgIpc) is 2.57. The second-order valence-electron chi connectivity index (χ2n) is 3.61. The minimum Gasteiger partial charge on any atom is -0.360 e. The standard InChI is InChI=1S/C9H15N3O4S/c1-5-8(7(3)16-11-5)17(14,15)12-6(2)9(13)10-4/h6,12H,1-4H3,(H,10,13)/t6-/m1/s1. The van der Waals surface area contributed by atoms with E-state index < -0.39 is 22.0 Å². The maximum Gasteiger partial charge on any atom is 0.246 e. The molecular weight excluding hydrogens is 246 g/mol. The van der Waals surface area contributed by atoms with Gasteiger partial charge in [-0.15, -0.1) is 0 Å². The van der Waals surface area contributed by atoms with E-state index in [1.165, 1.54) is 27.8 Å². The topological polar surface area (TPSA) is 101 Å². The van der Waals surface area contributed by atoms with Gasteiger partial charge in [0.15, 0.2) is 5.76 Å². The van der Waals surface area contributed by atoms with Crippen LogP contribution in [0, 0.1) is 13.8 Å². The Morgan fingerprint density at radius 2 is 2.00 bits per heavy atom. The molecule has 1 aromatic rings. The number of amides is 1. The monoisotopic (exact) mass is 261 g/mol. The van der Waals surface area contributed by atoms with Crippen molar-refractivity contribution in [3.05, 3.63) is 11.5 Å². The molecule has 0 aliphatic heterocycles. The SMILES string of the molecule is CNC(=O)[C@@H](C)NS(=O)(=O)c1c(C)noc1C. The number of nitrogens with one attached hydrogen (secondary N) is 2. The van der Waals surface area contributed by atoms with E-state index in [1.807, 2.05) is 0 Å². The van der Waals surface area contributed by atoms with E-state index in [0.717, 1.165) is 0 Å². The molecule has 0 aliphatic rings. The Kier molecular flexibility index (Phi) is 3.89. The number of nitrogens with zero attached hydrogens (tertiary/aromatic N) is 1. The van der Waals surface area contributed by atoms with Gasteiger partial charge in [-0.25, -0.2) is 8.42 Å². The van der Waals surface area contributed by atoms with E-state index in [-0.39, 0.29) is 16.3 Å². The van der Waals surface area contributed by atoms with Gasteiger partial charge in [0.2, 0.25) is 15.9 Å². The third kappa shape index (κ3) is 2.83. The van der Waals surface area contributed by atoms with Crippen molar-refractivity contribution in [3.8, 4) is 0 Å². The van der Waals surface area contributed by atoms with Gasteiger partial charge in [-0.3, -0.25) is 4.79 Å². The minimum absolute atomic E-state index is 0.0201. The van der Waals surface area contributed by atoms with Crippen molar-refractivity contribution in [3.63, 3.8) is 0 Å². The Morgan fingerprint density at radius 3 is 2.41 bits per heavy atom. The molecule has 7 nitrogen and oxygen atoms in total. The Labute approximate surface area is 99.6 Å². The fraction of sp³-hybridized carbons (Fsp3) is 0.556. The maximum atomic E-state index is 12.0. The van der Waals surface area contributed by atoms with Gasteiger partial charge < -0.3 is 9.84 Å². The van der Waals surface area contributed by atoms with E-state index >= 15 is 0 Å². The number of aryl methyl sites for hydroxylation is 2. The lowest BCUT2D eigenvalue weighted by Gasteiger charge is -2.12. The zero-order valence-electron chi connectivity index (χ0n) is 10.1. The Balaban J connectivity index is 3.02. The van der Waals surface area contributed by atoms with Crippen molar-refractivity contribution >= 4 is 15.9 Å². The first-order valence-electron chi connectivity index (χ1n) is 4.96. The van der Waals surface area contributed by atoms with Gasteiger partial charge in [-0.2, -0.15) is 4.72 Å². The second-order valence-corrected chi connectivity index (χ2v) is 5.26. The van der Waals surface area contributed by atoms with E-state index in [2.05, 4.69) is 15.2 Å². The molecule has 0 radical (unpaired) electrons. The number of sulfonamides is 1. The van der Waals surface area contributed by atoms with Crippen molar-refractivity contribution in [1.29, 1.82) is 0 Å². The Hall–Kier alpha value is -1.41. The number of rotatable bonds is 4. The van der Waals surface area contributed by atoms with Crippen LogP contribution in [0.5, 0.6) is 0 Å². The fourth-order valence-corrected chi connectivity index (χ4v) is 2.95. The van der Waals surface area contributed by atoms with Crippen LogP contribution in [0.1, 0.15) is 18.4 Å². The van der Waals surface area contributed by atoms with Crippen LogP contribution in [0.25, 0.3) is 0 Å². The van der Waals surface area contributed by atoms with Gasteiger partial charge in [-0.1, -0.05) is 5.16 Å². The molecule has 0 aliphatic carbocycles. The molecule has 8 heteroatoms. The van der Waals surface area contributed by atoms with Crippen LogP contribution >= 0.6 is 0 Å². The number of carbonyl (C=O) groups excluding carboxylic acids is 1. The Bertz CT molecular complexity index is 501. The summed E-state index contributed by atoms with van der Waals surface area (Å²) in [6.45, 7) is 4.48. The fourth-order valence-electron chi connectivity index (χ4n) is 1.42. The van der Waals surface area contributed by atoms with Crippen molar-refractivity contribution in [2.24, 2.45) is 0 Å². The molecule has 0 saturated carbocycles. The van der Waals surface area contributed by atoms with E-state index in [4.69, 9.17) is 4.52 Å². The minimum atomic E-state index is -3.80. The molecule has 1 atom stereocenters. The van der Waals surface area contributed by atoms with Gasteiger partial charge in [-0.05, 0) is 20.8 Å². The van der Waals surface area contributed by atoms with Crippen LogP contribution < -0.4 is 10.0 Å². The lowest BCUT2D eigenvalue weighted by atomic mass is 10.3. The first-order valence-corrected chi connectivity index (χ1v) is 6.44. The highest BCUT2D eigenvalue weighted by Gasteiger charge is 2.27. The molecule has 17 heavy (non-hydrogen) atoms. The number of hydrogen-bond donors (Lipinski definition) is 2. The Morgan fingerprint density at radius 1 is 1.41 bits per heavy atom. The van der Waals surface area contributed by atoms with E-state index in [9.17, 15) is 13.2 Å². The number of aromatic nitrogens is 1. The summed E-state index contributed by atoms with van der Waals surface area (Å²) in [6.07, 6.45) is 0. The highest BCUT2D eigenvalue weighted by molar-refractivity contribution is 7.89. The smallest absolute Gasteiger partial charge is 0.246 e. The molecular formula is C9H15N3O4S. The molecule has 1 rings (SSSR count). The number of hydrogen-bond acceptors (Lipinski definition) is 5. The summed E-state index contributed by atoms with van der Waals surface area (Å²) >= 11 is 0. The van der Waals surface area contributed by atoms with Crippen LogP contribution in [-0.2, 0) is 14.8 Å². The normalized spacial score (nSPS) is 13.4. The molecule has 1 aromatic heterocycles. The van der Waals surface area contributed by atoms with Crippen LogP contribution in [-0.4, -0.2) is 32.6 Å². The molecule has 1 amide bonds. The first-order chi connectivity index (χ1) is 7.79. The zero-order chi connectivity index (χ0) is 13.2. The largest absolute Gasteiger partial charge is 0.360 e. The third-order valence-corrected chi connectivity index (χ3v) is 3.99. The summed E-state index contributed by atoms with van der Waals surface area (Å²) in [6, 6.07) is -0.862. The first kappa shape index (κ1) is 13.7. The zero-order valence-corrected chi connectivity index (χ0v) is 10.9. The maximum absolute atomic E-state index is 12.0. The van der Waals surface area contributed by atoms with Crippen molar-refractivity contribution in [2.45, 2.75) is 31.7 Å². The molecule has 2 N–H and O–H groups in total. The predicted molar refractivity (Wildman–Crippen MR) is 59.8 cm³/mol. The molecule has 0 aromatic carbocycles. The van der Waals surface area contributed by atoms with Crippen molar-refractivity contribution < 1.29 is 17.7 Å². The highest BCUT2D eigenvalue weighted by atomic mass is 32.2. The van der Waals surface area contributed by atoms with Crippen LogP contribution in [0.4, 0.5) is 0 Å². The molecule has 0 saturated heterocycles. The summed E-state index contributed by atoms with van der Waals surface area (Å²) in [7, 11) is -2.37. The van der Waals surface area contributed by atoms with Crippen molar-refractivity contribution in [2.75, 3.05) is 7.05 Å². The van der Waals surface area contributed by atoms with E-state index in [0.29, 0.717) is 0 Å². The summed E-state index contributed by atoms with van der Waals surface area (Å²) in [5.41, 5.74) is 0.263. The molecule has 0 bridgehead atoms. The van der Waals surface area contributed by atoms with E-state index in [1.54, 1.807) is 0 Å². The highest BCUT2D eigenvalue weighted by Crippen LogP contribution is 2.18. The van der Waals surface area contributed by atoms with Crippen LogP contribution in [0.2, 0.25) is 0 Å². The predicted octanol–water partition coefficient (Wildman–Crippen LogP) is -0.296. The van der Waals surface area contributed by atoms with Gasteiger partial charge in [0.1, 0.15) is 10.6 Å². The number of likely N-dealkylation sites (N-methyl/N-ethyl adjacent to an activating group) is 1. The average molecular weight is 261 g/mol. The van der Waals surface area contributed by atoms with Crippen LogP contribution in [0.15, 0.2) is 9.42 Å². The molecule has 0 unspecified atom stereocenters. The molecule has 0 spiro atoms. The van der Waals surface area contributed by atoms with Gasteiger partial charge in [0, 0.05) is 7.05 Å². The lowest BCUT2D eigenvalue weighted by molar-refractivity contribution is -0.121. The summed E-state index contributed by atoms with van der Waals surface area (Å²) in [5.74, 6) is -0.223. The molecule has 1 heterocycles. The number of carbonyl (C=O) groups is 1. The summed E-state index contributed by atoms with van der Waals surface area (Å²) in [5, 5.41) is 5.92. The summed E-state index contributed by atoms with van der Waals surface area (Å²) in [4.78, 5) is 11.2. The van der Waals surface area contributed by atoms with Gasteiger partial charge >= 0.3 is 0 Å². The van der Waals surface area contributed by atoms with Crippen molar-refractivity contribution in [1.82, 2.24) is 15.2 Å². The van der Waals surface area contributed by atoms with Gasteiger partial charge in [0.25, 0.3) is 0 Å². The third-order valence-electron chi connectivity index (χ3n) is 2.21. The summed E-state index contributed by atoms with van der Waals surface area (Å²) < 4.78 is 31.0. The van der Waals surface area contributed by atoms with Gasteiger partial charge in [0.05, 0.1) is 6.04 Å². The quantitative estimate of drug-likeness (QED) is 0.775.